The van der Waals surface area contributed by atoms with Crippen molar-refractivity contribution in [2.45, 2.75) is 103 Å². The van der Waals surface area contributed by atoms with Gasteiger partial charge in [-0.2, -0.15) is 17.7 Å². The molecule has 0 saturated heterocycles. The van der Waals surface area contributed by atoms with Crippen molar-refractivity contribution >= 4 is 0 Å². The molecular formula is C26H42Fe-6. The topological polar surface area (TPSA) is 0 Å². The second-order valence-corrected chi connectivity index (χ2v) is 7.60. The SMILES string of the molecule is CCCCCCCCCCCCCCCC[c-]1cccc1.[Fe].[cH-]1[cH-][cH-][cH-][cH-]1. The van der Waals surface area contributed by atoms with E-state index >= 15 is 0 Å². The van der Waals surface area contributed by atoms with E-state index in [-0.39, 0.29) is 17.1 Å². The fourth-order valence-electron chi connectivity index (χ4n) is 3.42. The van der Waals surface area contributed by atoms with Crippen molar-refractivity contribution in [2.24, 2.45) is 0 Å². The van der Waals surface area contributed by atoms with Gasteiger partial charge >= 0.3 is 0 Å². The Morgan fingerprint density at radius 2 is 0.852 bits per heavy atom. The molecule has 0 amide bonds. The summed E-state index contributed by atoms with van der Waals surface area (Å²) in [6.07, 6.45) is 21.5. The molecular weight excluding hydrogens is 368 g/mol. The van der Waals surface area contributed by atoms with E-state index in [2.05, 4.69) is 31.2 Å². The summed E-state index contributed by atoms with van der Waals surface area (Å²) >= 11 is 0. The van der Waals surface area contributed by atoms with Gasteiger partial charge in [0.2, 0.25) is 0 Å². The van der Waals surface area contributed by atoms with Crippen LogP contribution in [0.25, 0.3) is 0 Å². The molecule has 1 heteroatoms. The molecule has 0 bridgehead atoms. The average Bonchev–Trinajstić information content (AvgIpc) is 3.38. The number of rotatable bonds is 15. The van der Waals surface area contributed by atoms with E-state index in [4.69, 9.17) is 0 Å². The standard InChI is InChI=1S/C21H37.C5H5.Fe/c1-2-3-4-5-6-7-8-9-10-11-12-13-14-15-18-21-19-16-17-20-21;1-2-4-5-3-1;/h16-17,19-20H,2-15,18H2,1H3;1-5H;/q-1;-5;. The molecule has 2 rings (SSSR count). The first-order valence-electron chi connectivity index (χ1n) is 11.3. The van der Waals surface area contributed by atoms with Crippen LogP contribution in [0.4, 0.5) is 0 Å². The van der Waals surface area contributed by atoms with Gasteiger partial charge in [-0.3, -0.25) is 0 Å². The second-order valence-electron chi connectivity index (χ2n) is 7.60. The number of hydrogen-bond donors (Lipinski definition) is 0. The Morgan fingerprint density at radius 1 is 0.519 bits per heavy atom. The summed E-state index contributed by atoms with van der Waals surface area (Å²) in [6.45, 7) is 2.29. The molecule has 0 spiro atoms. The fourth-order valence-corrected chi connectivity index (χ4v) is 3.42. The molecule has 0 aliphatic carbocycles. The summed E-state index contributed by atoms with van der Waals surface area (Å²) < 4.78 is 0. The Labute approximate surface area is 180 Å². The van der Waals surface area contributed by atoms with Gasteiger partial charge in [0.1, 0.15) is 0 Å². The first-order valence-corrected chi connectivity index (χ1v) is 11.3. The molecule has 0 radical (unpaired) electrons. The van der Waals surface area contributed by atoms with Gasteiger partial charge in [0.25, 0.3) is 0 Å². The summed E-state index contributed by atoms with van der Waals surface area (Å²) in [5, 5.41) is 0. The van der Waals surface area contributed by atoms with Crippen molar-refractivity contribution in [3.05, 3.63) is 60.2 Å². The minimum atomic E-state index is 0. The number of aryl methyl sites for hydroxylation is 1. The molecule has 0 unspecified atom stereocenters. The van der Waals surface area contributed by atoms with E-state index in [1.807, 2.05) is 30.3 Å². The normalized spacial score (nSPS) is 10.1. The Hall–Kier alpha value is -0.781. The van der Waals surface area contributed by atoms with Gasteiger partial charge < -0.3 is 30.3 Å². The maximum atomic E-state index is 2.29. The molecule has 27 heavy (non-hydrogen) atoms. The molecule has 160 valence electrons. The van der Waals surface area contributed by atoms with Gasteiger partial charge in [0.15, 0.2) is 0 Å². The van der Waals surface area contributed by atoms with Crippen molar-refractivity contribution in [3.8, 4) is 0 Å². The predicted molar refractivity (Wildman–Crippen MR) is 118 cm³/mol. The summed E-state index contributed by atoms with van der Waals surface area (Å²) in [5.41, 5.74) is 1.52. The molecule has 0 aromatic heterocycles. The predicted octanol–water partition coefficient (Wildman–Crippen LogP) is 8.83. The van der Waals surface area contributed by atoms with E-state index in [0.717, 1.165) is 0 Å². The molecule has 0 N–H and O–H groups in total. The Bertz CT molecular complexity index is 423. The zero-order valence-corrected chi connectivity index (χ0v) is 18.8. The van der Waals surface area contributed by atoms with Crippen LogP contribution < -0.4 is 0 Å². The smallest absolute Gasteiger partial charge is 0 e. The third-order valence-electron chi connectivity index (χ3n) is 5.11. The van der Waals surface area contributed by atoms with Crippen LogP contribution in [-0.2, 0) is 23.5 Å². The third kappa shape index (κ3) is 18.4. The van der Waals surface area contributed by atoms with Crippen LogP contribution in [0.3, 0.4) is 0 Å². The number of hydrogen-bond acceptors (Lipinski definition) is 0. The Morgan fingerprint density at radius 3 is 1.22 bits per heavy atom. The minimum absolute atomic E-state index is 0. The maximum Gasteiger partial charge on any atom is 0 e. The molecule has 2 aromatic carbocycles. The quantitative estimate of drug-likeness (QED) is 0.156. The van der Waals surface area contributed by atoms with E-state index in [1.54, 1.807) is 0 Å². The fraction of sp³-hybridized carbons (Fsp3) is 0.615. The maximum absolute atomic E-state index is 2.29. The van der Waals surface area contributed by atoms with Crippen molar-refractivity contribution in [1.82, 2.24) is 0 Å². The third-order valence-corrected chi connectivity index (χ3v) is 5.11. The Kier molecular flexibility index (Phi) is 20.9. The van der Waals surface area contributed by atoms with E-state index in [0.29, 0.717) is 0 Å². The van der Waals surface area contributed by atoms with E-state index < -0.39 is 0 Å². The van der Waals surface area contributed by atoms with Crippen molar-refractivity contribution in [3.63, 3.8) is 0 Å². The average molecular weight is 410 g/mol. The van der Waals surface area contributed by atoms with Crippen LogP contribution in [0.1, 0.15) is 102 Å². The van der Waals surface area contributed by atoms with Gasteiger partial charge in [0, 0.05) is 17.1 Å². The van der Waals surface area contributed by atoms with Crippen LogP contribution in [0.5, 0.6) is 0 Å². The van der Waals surface area contributed by atoms with Crippen molar-refractivity contribution in [2.75, 3.05) is 0 Å². The van der Waals surface area contributed by atoms with E-state index in [9.17, 15) is 0 Å². The number of unbranched alkanes of at least 4 members (excludes halogenated alkanes) is 13. The van der Waals surface area contributed by atoms with E-state index in [1.165, 1.54) is 102 Å². The zero-order chi connectivity index (χ0) is 18.5. The molecule has 0 atom stereocenters. The van der Waals surface area contributed by atoms with Crippen LogP contribution in [0, 0.1) is 0 Å². The molecule has 0 heterocycles. The van der Waals surface area contributed by atoms with Crippen LogP contribution in [0.2, 0.25) is 0 Å². The van der Waals surface area contributed by atoms with Crippen molar-refractivity contribution in [1.29, 1.82) is 0 Å². The largest absolute Gasteiger partial charge is 0.748 e. The summed E-state index contributed by atoms with van der Waals surface area (Å²) in [6, 6.07) is 18.8. The summed E-state index contributed by atoms with van der Waals surface area (Å²) in [4.78, 5) is 0. The molecule has 0 fully saturated rings. The van der Waals surface area contributed by atoms with Gasteiger partial charge in [-0.15, -0.1) is 0 Å². The van der Waals surface area contributed by atoms with Crippen LogP contribution >= 0.6 is 0 Å². The first kappa shape index (κ1) is 26.2. The second kappa shape index (κ2) is 21.5. The van der Waals surface area contributed by atoms with Gasteiger partial charge in [-0.1, -0.05) is 103 Å². The molecule has 2 aromatic rings. The monoisotopic (exact) mass is 410 g/mol. The molecule has 0 aliphatic heterocycles. The zero-order valence-electron chi connectivity index (χ0n) is 17.7. The van der Waals surface area contributed by atoms with Gasteiger partial charge in [-0.25, -0.2) is 12.1 Å². The van der Waals surface area contributed by atoms with Crippen LogP contribution in [0.15, 0.2) is 54.6 Å². The minimum Gasteiger partial charge on any atom is -0.748 e. The molecule has 0 saturated carbocycles. The molecule has 0 aliphatic rings. The van der Waals surface area contributed by atoms with Gasteiger partial charge in [0.05, 0.1) is 0 Å². The Balaban J connectivity index is 0.000000969. The summed E-state index contributed by atoms with van der Waals surface area (Å²) in [5.74, 6) is 0. The van der Waals surface area contributed by atoms with Gasteiger partial charge in [-0.05, 0) is 0 Å². The van der Waals surface area contributed by atoms with Crippen LogP contribution in [-0.4, -0.2) is 0 Å². The first-order chi connectivity index (χ1) is 12.9. The molecule has 0 nitrogen and oxygen atoms in total. The van der Waals surface area contributed by atoms with Crippen molar-refractivity contribution < 1.29 is 17.1 Å². The summed E-state index contributed by atoms with van der Waals surface area (Å²) in [7, 11) is 0.